The predicted octanol–water partition coefficient (Wildman–Crippen LogP) is 4.59. The van der Waals surface area contributed by atoms with Crippen molar-refractivity contribution in [2.45, 2.75) is 79.6 Å². The lowest BCUT2D eigenvalue weighted by Gasteiger charge is -2.57. The van der Waals surface area contributed by atoms with Crippen LogP contribution in [-0.2, 0) is 19.1 Å². The molecule has 4 nitrogen and oxygen atoms in total. The molecule has 2 aliphatic carbocycles. The number of carbonyl (C=O) groups is 3. The number of ketones is 2. The van der Waals surface area contributed by atoms with E-state index in [1.807, 2.05) is 13.8 Å². The van der Waals surface area contributed by atoms with Crippen LogP contribution in [0, 0.1) is 34.5 Å². The Morgan fingerprint density at radius 1 is 1.19 bits per heavy atom. The molecule has 4 heteroatoms. The van der Waals surface area contributed by atoms with Gasteiger partial charge in [0.2, 0.25) is 0 Å². The first kappa shape index (κ1) is 21.1. The number of esters is 1. The molecular weight excluding hydrogens is 328 g/mol. The van der Waals surface area contributed by atoms with Crippen LogP contribution in [0.5, 0.6) is 0 Å². The van der Waals surface area contributed by atoms with Gasteiger partial charge in [0.1, 0.15) is 17.5 Å². The van der Waals surface area contributed by atoms with Crippen molar-refractivity contribution in [1.82, 2.24) is 0 Å². The lowest BCUT2D eigenvalue weighted by atomic mass is 9.47. The minimum Gasteiger partial charge on any atom is -0.468 e. The second kappa shape index (κ2) is 7.82. The predicted molar refractivity (Wildman–Crippen MR) is 102 cm³/mol. The highest BCUT2D eigenvalue weighted by Crippen LogP contribution is 2.60. The molecule has 26 heavy (non-hydrogen) atoms. The maximum Gasteiger partial charge on any atom is 0.316 e. The number of hydrogen-bond donors (Lipinski definition) is 0. The Bertz CT molecular complexity index is 562. The van der Waals surface area contributed by atoms with Crippen LogP contribution < -0.4 is 0 Å². The molecule has 0 amide bonds. The fourth-order valence-electron chi connectivity index (χ4n) is 5.81. The first-order valence-electron chi connectivity index (χ1n) is 10.2. The summed E-state index contributed by atoms with van der Waals surface area (Å²) in [5.74, 6) is -0.714. The van der Waals surface area contributed by atoms with Gasteiger partial charge in [-0.15, -0.1) is 0 Å². The molecule has 0 saturated heterocycles. The molecule has 0 radical (unpaired) electrons. The van der Waals surface area contributed by atoms with Gasteiger partial charge >= 0.3 is 5.97 Å². The first-order valence-corrected chi connectivity index (χ1v) is 10.2. The van der Waals surface area contributed by atoms with Gasteiger partial charge in [0.15, 0.2) is 0 Å². The van der Waals surface area contributed by atoms with Crippen LogP contribution in [0.3, 0.4) is 0 Å². The average molecular weight is 365 g/mol. The maximum absolute atomic E-state index is 12.9. The lowest BCUT2D eigenvalue weighted by molar-refractivity contribution is -0.155. The van der Waals surface area contributed by atoms with E-state index >= 15 is 0 Å². The number of rotatable bonds is 6. The Balaban J connectivity index is 2.31. The van der Waals surface area contributed by atoms with Gasteiger partial charge in [0.25, 0.3) is 0 Å². The summed E-state index contributed by atoms with van der Waals surface area (Å²) >= 11 is 0. The molecule has 0 spiro atoms. The third-order valence-corrected chi connectivity index (χ3v) is 7.10. The molecule has 0 aromatic heterocycles. The Hall–Kier alpha value is -1.19. The van der Waals surface area contributed by atoms with E-state index in [0.717, 1.165) is 19.3 Å². The Kier molecular flexibility index (Phi) is 6.35. The molecule has 2 saturated carbocycles. The van der Waals surface area contributed by atoms with Crippen LogP contribution in [0.2, 0.25) is 0 Å². The number of Topliss-reactive ketones (excluding diaryl/α,β-unsaturated/α-hetero) is 2. The summed E-state index contributed by atoms with van der Waals surface area (Å²) in [5, 5.41) is 0. The normalized spacial score (nSPS) is 32.0. The van der Waals surface area contributed by atoms with Gasteiger partial charge in [0.05, 0.1) is 7.11 Å². The van der Waals surface area contributed by atoms with E-state index in [0.29, 0.717) is 25.2 Å². The van der Waals surface area contributed by atoms with Crippen molar-refractivity contribution in [3.8, 4) is 0 Å². The number of fused-ring (bicyclic) bond motifs is 1. The van der Waals surface area contributed by atoms with E-state index in [1.165, 1.54) is 13.5 Å². The standard InChI is InChI=1S/C22H36O4/c1-14(2)12-18(24)15(20(25)26-6)13-16-17(23)8-9-19-21(3,4)10-7-11-22(16,19)5/h14-16,19H,7-13H2,1-6H3/t15?,16?,19-,22+/m0/s1. The fraction of sp³-hybridized carbons (Fsp3) is 0.864. The molecule has 0 aromatic carbocycles. The summed E-state index contributed by atoms with van der Waals surface area (Å²) in [5.41, 5.74) is 0.0795. The summed E-state index contributed by atoms with van der Waals surface area (Å²) in [6, 6.07) is 0. The maximum atomic E-state index is 12.9. The van der Waals surface area contributed by atoms with E-state index < -0.39 is 11.9 Å². The van der Waals surface area contributed by atoms with Gasteiger partial charge in [-0.3, -0.25) is 14.4 Å². The molecule has 0 heterocycles. The van der Waals surface area contributed by atoms with Gasteiger partial charge in [0, 0.05) is 18.8 Å². The van der Waals surface area contributed by atoms with Crippen molar-refractivity contribution in [2.75, 3.05) is 7.11 Å². The molecular formula is C22H36O4. The zero-order valence-corrected chi connectivity index (χ0v) is 17.4. The van der Waals surface area contributed by atoms with Crippen molar-refractivity contribution in [1.29, 1.82) is 0 Å². The van der Waals surface area contributed by atoms with Crippen LogP contribution in [0.15, 0.2) is 0 Å². The molecule has 0 N–H and O–H groups in total. The molecule has 0 bridgehead atoms. The molecule has 0 aliphatic heterocycles. The fourth-order valence-corrected chi connectivity index (χ4v) is 5.81. The number of hydrogen-bond acceptors (Lipinski definition) is 4. The van der Waals surface area contributed by atoms with Crippen molar-refractivity contribution < 1.29 is 19.1 Å². The quantitative estimate of drug-likeness (QED) is 0.511. The molecule has 2 rings (SSSR count). The minimum absolute atomic E-state index is 0.0829. The summed E-state index contributed by atoms with van der Waals surface area (Å²) < 4.78 is 4.93. The van der Waals surface area contributed by atoms with E-state index in [1.54, 1.807) is 0 Å². The van der Waals surface area contributed by atoms with Crippen molar-refractivity contribution >= 4 is 17.5 Å². The van der Waals surface area contributed by atoms with Crippen molar-refractivity contribution in [3.05, 3.63) is 0 Å². The Labute approximate surface area is 158 Å². The zero-order chi connectivity index (χ0) is 19.7. The van der Waals surface area contributed by atoms with Gasteiger partial charge in [-0.2, -0.15) is 0 Å². The third-order valence-electron chi connectivity index (χ3n) is 7.10. The summed E-state index contributed by atoms with van der Waals surface area (Å²) in [7, 11) is 1.33. The smallest absolute Gasteiger partial charge is 0.316 e. The first-order chi connectivity index (χ1) is 12.0. The molecule has 2 aliphatic rings. The van der Waals surface area contributed by atoms with Gasteiger partial charge < -0.3 is 4.74 Å². The monoisotopic (exact) mass is 364 g/mol. The highest BCUT2D eigenvalue weighted by Gasteiger charge is 2.55. The van der Waals surface area contributed by atoms with E-state index in [9.17, 15) is 14.4 Å². The van der Waals surface area contributed by atoms with Crippen molar-refractivity contribution in [2.24, 2.45) is 34.5 Å². The van der Waals surface area contributed by atoms with Crippen LogP contribution in [0.1, 0.15) is 79.6 Å². The lowest BCUT2D eigenvalue weighted by Crippen LogP contribution is -2.53. The van der Waals surface area contributed by atoms with Crippen LogP contribution in [0.4, 0.5) is 0 Å². The molecule has 4 atom stereocenters. The molecule has 148 valence electrons. The van der Waals surface area contributed by atoms with E-state index in [-0.39, 0.29) is 34.2 Å². The Morgan fingerprint density at radius 3 is 2.42 bits per heavy atom. The van der Waals surface area contributed by atoms with Crippen LogP contribution in [0.25, 0.3) is 0 Å². The highest BCUT2D eigenvalue weighted by atomic mass is 16.5. The summed E-state index contributed by atoms with van der Waals surface area (Å²) in [6.07, 6.45) is 5.46. The average Bonchev–Trinajstić information content (AvgIpc) is 2.52. The van der Waals surface area contributed by atoms with E-state index in [4.69, 9.17) is 4.74 Å². The van der Waals surface area contributed by atoms with Gasteiger partial charge in [-0.1, -0.05) is 41.0 Å². The molecule has 0 aromatic rings. The zero-order valence-electron chi connectivity index (χ0n) is 17.4. The third kappa shape index (κ3) is 4.04. The highest BCUT2D eigenvalue weighted by molar-refractivity contribution is 5.99. The minimum atomic E-state index is -0.808. The van der Waals surface area contributed by atoms with Gasteiger partial charge in [-0.25, -0.2) is 0 Å². The second-order valence-electron chi connectivity index (χ2n) is 9.83. The molecule has 2 fully saturated rings. The van der Waals surface area contributed by atoms with Crippen molar-refractivity contribution in [3.63, 3.8) is 0 Å². The van der Waals surface area contributed by atoms with Gasteiger partial charge in [-0.05, 0) is 48.3 Å². The molecule has 2 unspecified atom stereocenters. The second-order valence-corrected chi connectivity index (χ2v) is 9.83. The topological polar surface area (TPSA) is 60.4 Å². The summed E-state index contributed by atoms with van der Waals surface area (Å²) in [6.45, 7) is 10.8. The SMILES string of the molecule is COC(=O)C(CC1C(=O)CC[C@H]2C(C)(C)CCC[C@]12C)C(=O)CC(C)C. The van der Waals surface area contributed by atoms with Crippen LogP contribution >= 0.6 is 0 Å². The van der Waals surface area contributed by atoms with Crippen LogP contribution in [-0.4, -0.2) is 24.6 Å². The number of carbonyl (C=O) groups excluding carboxylic acids is 3. The van der Waals surface area contributed by atoms with E-state index in [2.05, 4.69) is 20.8 Å². The largest absolute Gasteiger partial charge is 0.468 e. The summed E-state index contributed by atoms with van der Waals surface area (Å²) in [4.78, 5) is 38.0. The number of ether oxygens (including phenoxy) is 1. The number of methoxy groups -OCH3 is 1. The Morgan fingerprint density at radius 2 is 1.85 bits per heavy atom.